The van der Waals surface area contributed by atoms with E-state index in [2.05, 4.69) is 68.6 Å². The van der Waals surface area contributed by atoms with Crippen LogP contribution in [0.25, 0.3) is 11.1 Å². The Hall–Kier alpha value is -0.880. The molecule has 0 bridgehead atoms. The van der Waals surface area contributed by atoms with E-state index >= 15 is 0 Å². The van der Waals surface area contributed by atoms with Crippen molar-refractivity contribution in [2.75, 3.05) is 0 Å². The Morgan fingerprint density at radius 2 is 2.00 bits per heavy atom. The molecule has 1 unspecified atom stereocenters. The monoisotopic (exact) mass is 441 g/mol. The summed E-state index contributed by atoms with van der Waals surface area (Å²) in [7, 11) is 0. The summed E-state index contributed by atoms with van der Waals surface area (Å²) in [5.41, 5.74) is 4.35. The largest absolute Gasteiger partial charge is 0.441 e. The van der Waals surface area contributed by atoms with Crippen molar-refractivity contribution in [1.82, 2.24) is 4.98 Å². The predicted octanol–water partition coefficient (Wildman–Crippen LogP) is 5.42. The maximum atomic E-state index is 5.79. The number of hydrogen-bond acceptors (Lipinski definition) is 2. The molecular formula is C16H13BrINO. The Morgan fingerprint density at radius 3 is 2.80 bits per heavy atom. The lowest BCUT2D eigenvalue weighted by Crippen LogP contribution is -1.99. The van der Waals surface area contributed by atoms with Crippen LogP contribution in [-0.2, 0) is 6.42 Å². The minimum absolute atomic E-state index is 0.211. The van der Waals surface area contributed by atoms with Crippen LogP contribution in [0.1, 0.15) is 21.8 Å². The number of nitrogens with zero attached hydrogens (tertiary/aromatic N) is 1. The van der Waals surface area contributed by atoms with Crippen LogP contribution in [0.4, 0.5) is 0 Å². The van der Waals surface area contributed by atoms with E-state index < -0.39 is 0 Å². The summed E-state index contributed by atoms with van der Waals surface area (Å²) in [5, 5.41) is 0. The molecule has 4 heteroatoms. The fraction of sp³-hybridized carbons (Fsp3) is 0.188. The van der Waals surface area contributed by atoms with Crippen molar-refractivity contribution >= 4 is 49.6 Å². The van der Waals surface area contributed by atoms with Crippen LogP contribution < -0.4 is 0 Å². The van der Waals surface area contributed by atoms with Gasteiger partial charge in [0.05, 0.1) is 0 Å². The summed E-state index contributed by atoms with van der Waals surface area (Å²) in [6.07, 6.45) is 0.744. The number of alkyl halides is 1. The zero-order chi connectivity index (χ0) is 14.1. The lowest BCUT2D eigenvalue weighted by molar-refractivity contribution is 0.527. The first-order valence-electron chi connectivity index (χ1n) is 6.38. The van der Waals surface area contributed by atoms with Crippen LogP contribution in [0.2, 0.25) is 0 Å². The molecule has 3 rings (SSSR count). The second-order valence-corrected chi connectivity index (χ2v) is 6.91. The third-order valence-electron chi connectivity index (χ3n) is 3.25. The molecule has 0 spiro atoms. The summed E-state index contributed by atoms with van der Waals surface area (Å²) >= 11 is 6.16. The minimum Gasteiger partial charge on any atom is -0.441 e. The number of oxazole rings is 1. The van der Waals surface area contributed by atoms with Gasteiger partial charge in [-0.1, -0.05) is 46.3 Å². The maximum Gasteiger partial charge on any atom is 0.196 e. The molecule has 2 aromatic carbocycles. The fourth-order valence-corrected chi connectivity index (χ4v) is 4.00. The van der Waals surface area contributed by atoms with Crippen molar-refractivity contribution in [3.8, 4) is 0 Å². The highest BCUT2D eigenvalue weighted by atomic mass is 127. The van der Waals surface area contributed by atoms with Gasteiger partial charge in [0.1, 0.15) is 5.52 Å². The molecule has 0 fully saturated rings. The van der Waals surface area contributed by atoms with E-state index in [4.69, 9.17) is 4.42 Å². The highest BCUT2D eigenvalue weighted by Crippen LogP contribution is 2.32. The van der Waals surface area contributed by atoms with Gasteiger partial charge in [-0.15, -0.1) is 0 Å². The number of halogens is 2. The highest BCUT2D eigenvalue weighted by Gasteiger charge is 2.16. The number of aromatic nitrogens is 1. The van der Waals surface area contributed by atoms with Crippen molar-refractivity contribution in [2.24, 2.45) is 0 Å². The SMILES string of the molecule is Cc1cccc(C(Br)Cc2nc3ccccc3o2)c1I. The smallest absolute Gasteiger partial charge is 0.196 e. The van der Waals surface area contributed by atoms with Crippen molar-refractivity contribution < 1.29 is 4.42 Å². The van der Waals surface area contributed by atoms with Gasteiger partial charge in [0.2, 0.25) is 0 Å². The van der Waals surface area contributed by atoms with Crippen molar-refractivity contribution in [1.29, 1.82) is 0 Å². The molecule has 0 saturated carbocycles. The average Bonchev–Trinajstić information content (AvgIpc) is 2.83. The van der Waals surface area contributed by atoms with Gasteiger partial charge in [0, 0.05) is 14.8 Å². The first kappa shape index (κ1) is 14.1. The first-order chi connectivity index (χ1) is 9.65. The molecule has 1 heterocycles. The first-order valence-corrected chi connectivity index (χ1v) is 8.38. The van der Waals surface area contributed by atoms with Crippen LogP contribution in [0.5, 0.6) is 0 Å². The van der Waals surface area contributed by atoms with Crippen LogP contribution in [0.15, 0.2) is 46.9 Å². The molecule has 1 aromatic heterocycles. The molecule has 3 aromatic rings. The molecule has 20 heavy (non-hydrogen) atoms. The molecule has 0 N–H and O–H groups in total. The lowest BCUT2D eigenvalue weighted by Gasteiger charge is -2.12. The van der Waals surface area contributed by atoms with Gasteiger partial charge in [-0.3, -0.25) is 0 Å². The molecular weight excluding hydrogens is 429 g/mol. The Bertz CT molecular complexity index is 720. The zero-order valence-electron chi connectivity index (χ0n) is 10.9. The topological polar surface area (TPSA) is 26.0 Å². The maximum absolute atomic E-state index is 5.79. The zero-order valence-corrected chi connectivity index (χ0v) is 14.7. The van der Waals surface area contributed by atoms with E-state index in [1.165, 1.54) is 14.7 Å². The summed E-state index contributed by atoms with van der Waals surface area (Å²) in [6, 6.07) is 14.2. The van der Waals surface area contributed by atoms with Crippen LogP contribution in [0.3, 0.4) is 0 Å². The fourth-order valence-electron chi connectivity index (χ4n) is 2.18. The molecule has 0 saturated heterocycles. The summed E-state index contributed by atoms with van der Waals surface area (Å²) in [6.45, 7) is 2.13. The number of benzene rings is 2. The van der Waals surface area contributed by atoms with Crippen LogP contribution >= 0.6 is 38.5 Å². The summed E-state index contributed by atoms with van der Waals surface area (Å²) in [5.74, 6) is 0.769. The third-order valence-corrected chi connectivity index (χ3v) is 5.54. The molecule has 0 aliphatic rings. The van der Waals surface area contributed by atoms with E-state index in [1.807, 2.05) is 24.3 Å². The number of aryl methyl sites for hydroxylation is 1. The lowest BCUT2D eigenvalue weighted by atomic mass is 10.1. The molecule has 2 nitrogen and oxygen atoms in total. The number of fused-ring (bicyclic) bond motifs is 1. The standard InChI is InChI=1S/C16H13BrINO/c1-10-5-4-6-11(16(10)18)12(17)9-15-19-13-7-2-3-8-14(13)20-15/h2-8,12H,9H2,1H3. The minimum atomic E-state index is 0.211. The van der Waals surface area contributed by atoms with E-state index in [0.717, 1.165) is 23.4 Å². The highest BCUT2D eigenvalue weighted by molar-refractivity contribution is 14.1. The Labute approximate surface area is 139 Å². The van der Waals surface area contributed by atoms with Gasteiger partial charge < -0.3 is 4.42 Å². The van der Waals surface area contributed by atoms with Crippen LogP contribution in [0, 0.1) is 10.5 Å². The van der Waals surface area contributed by atoms with Gasteiger partial charge >= 0.3 is 0 Å². The molecule has 0 aliphatic carbocycles. The second kappa shape index (κ2) is 5.85. The van der Waals surface area contributed by atoms with Gasteiger partial charge in [-0.25, -0.2) is 4.98 Å². The third kappa shape index (κ3) is 2.76. The van der Waals surface area contributed by atoms with Crippen molar-refractivity contribution in [3.63, 3.8) is 0 Å². The number of rotatable bonds is 3. The van der Waals surface area contributed by atoms with Crippen molar-refractivity contribution in [2.45, 2.75) is 18.2 Å². The van der Waals surface area contributed by atoms with Gasteiger partial charge in [0.25, 0.3) is 0 Å². The van der Waals surface area contributed by atoms with E-state index in [-0.39, 0.29) is 4.83 Å². The summed E-state index contributed by atoms with van der Waals surface area (Å²) in [4.78, 5) is 4.74. The van der Waals surface area contributed by atoms with Crippen LogP contribution in [-0.4, -0.2) is 4.98 Å². The second-order valence-electron chi connectivity index (χ2n) is 4.73. The van der Waals surface area contributed by atoms with Gasteiger partial charge in [0.15, 0.2) is 11.5 Å². The van der Waals surface area contributed by atoms with Gasteiger partial charge in [-0.05, 0) is 52.8 Å². The number of hydrogen-bond donors (Lipinski definition) is 0. The molecule has 1 atom stereocenters. The van der Waals surface area contributed by atoms with E-state index in [1.54, 1.807) is 0 Å². The summed E-state index contributed by atoms with van der Waals surface area (Å²) < 4.78 is 7.08. The van der Waals surface area contributed by atoms with Crippen molar-refractivity contribution in [3.05, 3.63) is 63.1 Å². The molecule has 102 valence electrons. The molecule has 0 aliphatic heterocycles. The molecule has 0 amide bonds. The quantitative estimate of drug-likeness (QED) is 0.400. The van der Waals surface area contributed by atoms with E-state index in [9.17, 15) is 0 Å². The normalized spacial score (nSPS) is 12.8. The number of para-hydroxylation sites is 2. The Kier molecular flexibility index (Phi) is 4.12. The van der Waals surface area contributed by atoms with Gasteiger partial charge in [-0.2, -0.15) is 0 Å². The van der Waals surface area contributed by atoms with E-state index in [0.29, 0.717) is 0 Å². The molecule has 0 radical (unpaired) electrons. The Morgan fingerprint density at radius 1 is 1.20 bits per heavy atom. The average molecular weight is 442 g/mol. The predicted molar refractivity (Wildman–Crippen MR) is 93.3 cm³/mol. The Balaban J connectivity index is 1.88.